The third-order valence-electron chi connectivity index (χ3n) is 4.66. The maximum Gasteiger partial charge on any atom is 0.150 e. The fraction of sp³-hybridized carbons (Fsp3) is 0.750. The zero-order chi connectivity index (χ0) is 15.4. The van der Waals surface area contributed by atoms with Gasteiger partial charge in [-0.3, -0.25) is 9.88 Å². The molecule has 0 bridgehead atoms. The van der Waals surface area contributed by atoms with Crippen LogP contribution in [-0.4, -0.2) is 72.5 Å². The Morgan fingerprint density at radius 1 is 1.18 bits per heavy atom. The number of aliphatic hydroxyl groups excluding tert-OH is 1. The zero-order valence-corrected chi connectivity index (χ0v) is 13.3. The van der Waals surface area contributed by atoms with Crippen molar-refractivity contribution in [3.8, 4) is 0 Å². The van der Waals surface area contributed by atoms with Gasteiger partial charge in [0.2, 0.25) is 0 Å². The molecule has 1 aromatic rings. The van der Waals surface area contributed by atoms with Crippen molar-refractivity contribution in [1.82, 2.24) is 14.9 Å². The van der Waals surface area contributed by atoms with Crippen molar-refractivity contribution in [1.29, 1.82) is 0 Å². The third kappa shape index (κ3) is 3.74. The highest BCUT2D eigenvalue weighted by molar-refractivity contribution is 5.42. The molecule has 0 spiro atoms. The molecule has 2 atom stereocenters. The van der Waals surface area contributed by atoms with Crippen molar-refractivity contribution in [2.24, 2.45) is 11.8 Å². The second-order valence-corrected chi connectivity index (χ2v) is 6.43. The number of aryl methyl sites for hydroxylation is 1. The molecule has 2 saturated heterocycles. The SMILES string of the molecule is Cc1nccnc1N1C[C@@H](CO)C[C@@H](CN2CCOCC2)C1. The van der Waals surface area contributed by atoms with E-state index in [2.05, 4.69) is 19.8 Å². The van der Waals surface area contributed by atoms with Crippen molar-refractivity contribution < 1.29 is 9.84 Å². The Bertz CT molecular complexity index is 479. The molecule has 3 heterocycles. The van der Waals surface area contributed by atoms with E-state index in [4.69, 9.17) is 4.74 Å². The van der Waals surface area contributed by atoms with Gasteiger partial charge >= 0.3 is 0 Å². The fourth-order valence-corrected chi connectivity index (χ4v) is 3.62. The number of hydrogen-bond acceptors (Lipinski definition) is 6. The van der Waals surface area contributed by atoms with Crippen molar-refractivity contribution >= 4 is 5.82 Å². The van der Waals surface area contributed by atoms with Gasteiger partial charge in [-0.25, -0.2) is 4.98 Å². The van der Waals surface area contributed by atoms with Gasteiger partial charge in [-0.15, -0.1) is 0 Å². The molecule has 0 aliphatic carbocycles. The van der Waals surface area contributed by atoms with E-state index in [0.29, 0.717) is 11.8 Å². The van der Waals surface area contributed by atoms with E-state index in [1.165, 1.54) is 0 Å². The summed E-state index contributed by atoms with van der Waals surface area (Å²) < 4.78 is 5.43. The lowest BCUT2D eigenvalue weighted by Crippen LogP contribution is -2.48. The van der Waals surface area contributed by atoms with Gasteiger partial charge in [-0.2, -0.15) is 0 Å². The summed E-state index contributed by atoms with van der Waals surface area (Å²) in [5.74, 6) is 1.85. The van der Waals surface area contributed by atoms with Gasteiger partial charge < -0.3 is 14.7 Å². The van der Waals surface area contributed by atoms with Crippen molar-refractivity contribution in [2.45, 2.75) is 13.3 Å². The molecule has 0 radical (unpaired) electrons. The summed E-state index contributed by atoms with van der Waals surface area (Å²) in [7, 11) is 0. The topological polar surface area (TPSA) is 61.7 Å². The normalized spacial score (nSPS) is 27.1. The molecule has 0 unspecified atom stereocenters. The Morgan fingerprint density at radius 2 is 1.91 bits per heavy atom. The number of nitrogens with zero attached hydrogens (tertiary/aromatic N) is 4. The molecule has 6 heteroatoms. The Kier molecular flexibility index (Phi) is 5.23. The van der Waals surface area contributed by atoms with Crippen molar-refractivity contribution in [3.63, 3.8) is 0 Å². The van der Waals surface area contributed by atoms with E-state index in [1.807, 2.05) is 6.92 Å². The van der Waals surface area contributed by atoms with Crippen LogP contribution in [0.15, 0.2) is 12.4 Å². The van der Waals surface area contributed by atoms with Gasteiger partial charge in [0.15, 0.2) is 0 Å². The van der Waals surface area contributed by atoms with Crippen molar-refractivity contribution in [2.75, 3.05) is 57.4 Å². The average Bonchev–Trinajstić information content (AvgIpc) is 2.56. The van der Waals surface area contributed by atoms with Gasteiger partial charge in [0.25, 0.3) is 0 Å². The second kappa shape index (κ2) is 7.35. The van der Waals surface area contributed by atoms with Crippen LogP contribution in [-0.2, 0) is 4.74 Å². The van der Waals surface area contributed by atoms with Crippen LogP contribution in [0.1, 0.15) is 12.1 Å². The average molecular weight is 306 g/mol. The Hall–Kier alpha value is -1.24. The highest BCUT2D eigenvalue weighted by atomic mass is 16.5. The van der Waals surface area contributed by atoms with Crippen LogP contribution in [0.5, 0.6) is 0 Å². The van der Waals surface area contributed by atoms with E-state index >= 15 is 0 Å². The maximum absolute atomic E-state index is 9.65. The first kappa shape index (κ1) is 15.6. The van der Waals surface area contributed by atoms with Crippen LogP contribution in [0.25, 0.3) is 0 Å². The Morgan fingerprint density at radius 3 is 2.64 bits per heavy atom. The standard InChI is InChI=1S/C16H26N4O2/c1-13-16(18-3-2-17-13)20-10-14(8-15(11-20)12-21)9-19-4-6-22-7-5-19/h2-3,14-15,21H,4-12H2,1H3/t14-,15-/m0/s1. The Balaban J connectivity index is 1.68. The maximum atomic E-state index is 9.65. The largest absolute Gasteiger partial charge is 0.396 e. The molecular weight excluding hydrogens is 280 g/mol. The van der Waals surface area contributed by atoms with Crippen molar-refractivity contribution in [3.05, 3.63) is 18.1 Å². The first-order valence-electron chi connectivity index (χ1n) is 8.19. The summed E-state index contributed by atoms with van der Waals surface area (Å²) in [6.07, 6.45) is 4.57. The molecule has 0 aromatic carbocycles. The summed E-state index contributed by atoms with van der Waals surface area (Å²) in [5.41, 5.74) is 0.964. The van der Waals surface area contributed by atoms with E-state index in [1.54, 1.807) is 12.4 Å². The lowest BCUT2D eigenvalue weighted by Gasteiger charge is -2.40. The second-order valence-electron chi connectivity index (χ2n) is 6.43. The van der Waals surface area contributed by atoms with Crippen LogP contribution >= 0.6 is 0 Å². The third-order valence-corrected chi connectivity index (χ3v) is 4.66. The predicted octanol–water partition coefficient (Wildman–Crippen LogP) is 0.552. The lowest BCUT2D eigenvalue weighted by molar-refractivity contribution is 0.0267. The molecule has 0 saturated carbocycles. The summed E-state index contributed by atoms with van der Waals surface area (Å²) in [6, 6.07) is 0. The Labute approximate surface area is 132 Å². The number of hydrogen-bond donors (Lipinski definition) is 1. The molecule has 22 heavy (non-hydrogen) atoms. The highest BCUT2D eigenvalue weighted by Gasteiger charge is 2.30. The van der Waals surface area contributed by atoms with E-state index in [0.717, 1.165) is 63.9 Å². The fourth-order valence-electron chi connectivity index (χ4n) is 3.62. The first-order valence-corrected chi connectivity index (χ1v) is 8.19. The molecule has 6 nitrogen and oxygen atoms in total. The zero-order valence-electron chi connectivity index (χ0n) is 13.3. The lowest BCUT2D eigenvalue weighted by atomic mass is 9.89. The van der Waals surface area contributed by atoms with Gasteiger partial charge in [0.05, 0.1) is 18.9 Å². The number of ether oxygens (including phenoxy) is 1. The van der Waals surface area contributed by atoms with E-state index in [-0.39, 0.29) is 6.61 Å². The van der Waals surface area contributed by atoms with E-state index in [9.17, 15) is 5.11 Å². The van der Waals surface area contributed by atoms with Gasteiger partial charge in [0, 0.05) is 51.7 Å². The molecule has 1 aromatic heterocycles. The molecule has 2 aliphatic heterocycles. The number of aliphatic hydroxyl groups is 1. The number of piperidine rings is 1. The predicted molar refractivity (Wildman–Crippen MR) is 84.9 cm³/mol. The van der Waals surface area contributed by atoms with E-state index < -0.39 is 0 Å². The number of rotatable bonds is 4. The quantitative estimate of drug-likeness (QED) is 0.877. The molecule has 3 rings (SSSR count). The molecule has 2 aliphatic rings. The summed E-state index contributed by atoms with van der Waals surface area (Å²) in [4.78, 5) is 13.6. The van der Waals surface area contributed by atoms with Crippen LogP contribution in [0.4, 0.5) is 5.82 Å². The number of anilines is 1. The molecule has 0 amide bonds. The van der Waals surface area contributed by atoms with Gasteiger partial charge in [-0.1, -0.05) is 0 Å². The van der Waals surface area contributed by atoms with Crippen LogP contribution in [0, 0.1) is 18.8 Å². The smallest absolute Gasteiger partial charge is 0.150 e. The van der Waals surface area contributed by atoms with Gasteiger partial charge in [-0.05, 0) is 25.2 Å². The highest BCUT2D eigenvalue weighted by Crippen LogP contribution is 2.27. The summed E-state index contributed by atoms with van der Waals surface area (Å²) >= 11 is 0. The molecule has 122 valence electrons. The number of aromatic nitrogens is 2. The van der Waals surface area contributed by atoms with Crippen LogP contribution in [0.3, 0.4) is 0 Å². The van der Waals surface area contributed by atoms with Crippen LogP contribution < -0.4 is 4.90 Å². The molecule has 2 fully saturated rings. The minimum absolute atomic E-state index is 0.245. The summed E-state index contributed by atoms with van der Waals surface area (Å²) in [5, 5.41) is 9.65. The monoisotopic (exact) mass is 306 g/mol. The minimum atomic E-state index is 0.245. The number of morpholine rings is 1. The first-order chi connectivity index (χ1) is 10.8. The van der Waals surface area contributed by atoms with Crippen LogP contribution in [0.2, 0.25) is 0 Å². The minimum Gasteiger partial charge on any atom is -0.396 e. The summed E-state index contributed by atoms with van der Waals surface area (Å²) in [6.45, 7) is 8.90. The van der Waals surface area contributed by atoms with Gasteiger partial charge in [0.1, 0.15) is 5.82 Å². The molecular formula is C16H26N4O2. The molecule has 1 N–H and O–H groups in total.